The molecule has 2 heteroatoms. The first-order valence-electron chi connectivity index (χ1n) is 5.83. The van der Waals surface area contributed by atoms with Gasteiger partial charge in [-0.15, -0.1) is 0 Å². The van der Waals surface area contributed by atoms with E-state index in [4.69, 9.17) is 0 Å². The standard InChI is InChI=1S/C14H22O2/c1-7(2)11-9(5)13(15)10(6)12(8(3)4)14(11)16/h7-8,15-16H,1-6H3. The molecule has 0 atom stereocenters. The highest BCUT2D eigenvalue weighted by molar-refractivity contribution is 5.59. The van der Waals surface area contributed by atoms with Crippen molar-refractivity contribution in [3.8, 4) is 11.5 Å². The van der Waals surface area contributed by atoms with Crippen molar-refractivity contribution in [2.75, 3.05) is 0 Å². The van der Waals surface area contributed by atoms with Gasteiger partial charge in [-0.1, -0.05) is 27.7 Å². The van der Waals surface area contributed by atoms with Gasteiger partial charge in [0.1, 0.15) is 11.5 Å². The molecule has 1 aromatic carbocycles. The Balaban J connectivity index is 3.66. The molecule has 1 rings (SSSR count). The molecule has 1 aromatic rings. The average molecular weight is 222 g/mol. The van der Waals surface area contributed by atoms with E-state index < -0.39 is 0 Å². The maximum absolute atomic E-state index is 10.3. The maximum Gasteiger partial charge on any atom is 0.123 e. The summed E-state index contributed by atoms with van der Waals surface area (Å²) >= 11 is 0. The fraction of sp³-hybridized carbons (Fsp3) is 0.571. The number of phenolic OH excluding ortho intramolecular Hbond substituents is 2. The van der Waals surface area contributed by atoms with Crippen molar-refractivity contribution in [3.05, 3.63) is 22.3 Å². The quantitative estimate of drug-likeness (QED) is 0.743. The van der Waals surface area contributed by atoms with Gasteiger partial charge in [0.05, 0.1) is 0 Å². The summed E-state index contributed by atoms with van der Waals surface area (Å²) in [4.78, 5) is 0. The van der Waals surface area contributed by atoms with Gasteiger partial charge in [0.2, 0.25) is 0 Å². The summed E-state index contributed by atoms with van der Waals surface area (Å²) < 4.78 is 0. The largest absolute Gasteiger partial charge is 0.507 e. The normalized spacial score (nSPS) is 11.5. The molecular formula is C14H22O2. The zero-order valence-electron chi connectivity index (χ0n) is 11.0. The van der Waals surface area contributed by atoms with Crippen LogP contribution in [0.25, 0.3) is 0 Å². The Labute approximate surface area is 97.9 Å². The van der Waals surface area contributed by atoms with Crippen molar-refractivity contribution in [2.45, 2.75) is 53.4 Å². The molecule has 0 unspecified atom stereocenters. The minimum Gasteiger partial charge on any atom is -0.507 e. The van der Waals surface area contributed by atoms with E-state index >= 15 is 0 Å². The van der Waals surface area contributed by atoms with Crippen LogP contribution < -0.4 is 0 Å². The summed E-state index contributed by atoms with van der Waals surface area (Å²) in [6.07, 6.45) is 0. The Bertz CT molecular complexity index is 369. The predicted octanol–water partition coefficient (Wildman–Crippen LogP) is 3.96. The van der Waals surface area contributed by atoms with E-state index in [1.165, 1.54) is 0 Å². The van der Waals surface area contributed by atoms with E-state index in [2.05, 4.69) is 0 Å². The molecule has 0 bridgehead atoms. The molecule has 0 saturated heterocycles. The lowest BCUT2D eigenvalue weighted by Crippen LogP contribution is -2.02. The van der Waals surface area contributed by atoms with Crippen LogP contribution in [0.15, 0.2) is 0 Å². The number of phenols is 2. The highest BCUT2D eigenvalue weighted by Crippen LogP contribution is 2.43. The predicted molar refractivity (Wildman–Crippen MR) is 67.4 cm³/mol. The number of benzene rings is 1. The van der Waals surface area contributed by atoms with Gasteiger partial charge in [-0.05, 0) is 36.8 Å². The maximum atomic E-state index is 10.3. The Morgan fingerprint density at radius 1 is 0.688 bits per heavy atom. The highest BCUT2D eigenvalue weighted by Gasteiger charge is 2.22. The Hall–Kier alpha value is -1.18. The monoisotopic (exact) mass is 222 g/mol. The molecular weight excluding hydrogens is 200 g/mol. The van der Waals surface area contributed by atoms with Gasteiger partial charge in [0.25, 0.3) is 0 Å². The van der Waals surface area contributed by atoms with Crippen LogP contribution in [-0.2, 0) is 0 Å². The van der Waals surface area contributed by atoms with Crippen molar-refractivity contribution in [1.29, 1.82) is 0 Å². The molecule has 0 aliphatic rings. The second-order valence-electron chi connectivity index (χ2n) is 5.08. The third-order valence-electron chi connectivity index (χ3n) is 3.18. The minimum atomic E-state index is 0.212. The number of rotatable bonds is 2. The van der Waals surface area contributed by atoms with Gasteiger partial charge >= 0.3 is 0 Å². The van der Waals surface area contributed by atoms with Crippen LogP contribution in [0.4, 0.5) is 0 Å². The van der Waals surface area contributed by atoms with Crippen molar-refractivity contribution in [3.63, 3.8) is 0 Å². The van der Waals surface area contributed by atoms with Crippen LogP contribution in [0, 0.1) is 13.8 Å². The summed E-state index contributed by atoms with van der Waals surface area (Å²) in [6.45, 7) is 11.8. The van der Waals surface area contributed by atoms with E-state index in [-0.39, 0.29) is 11.8 Å². The highest BCUT2D eigenvalue weighted by atomic mass is 16.3. The Morgan fingerprint density at radius 2 is 1.00 bits per heavy atom. The van der Waals surface area contributed by atoms with Crippen LogP contribution in [0.1, 0.15) is 61.8 Å². The minimum absolute atomic E-state index is 0.212. The van der Waals surface area contributed by atoms with Crippen LogP contribution >= 0.6 is 0 Å². The summed E-state index contributed by atoms with van der Waals surface area (Å²) in [5.74, 6) is 1.11. The molecule has 0 radical (unpaired) electrons. The lowest BCUT2D eigenvalue weighted by Gasteiger charge is -2.21. The lowest BCUT2D eigenvalue weighted by atomic mass is 9.86. The molecule has 0 aliphatic heterocycles. The fourth-order valence-electron chi connectivity index (χ4n) is 2.45. The molecule has 0 saturated carbocycles. The third-order valence-corrected chi connectivity index (χ3v) is 3.18. The second kappa shape index (κ2) is 4.36. The smallest absolute Gasteiger partial charge is 0.123 e. The van der Waals surface area contributed by atoms with Crippen LogP contribution in [0.3, 0.4) is 0 Å². The van der Waals surface area contributed by atoms with Crippen LogP contribution in [0.5, 0.6) is 11.5 Å². The molecule has 90 valence electrons. The lowest BCUT2D eigenvalue weighted by molar-refractivity contribution is 0.435. The fourth-order valence-corrected chi connectivity index (χ4v) is 2.45. The molecule has 0 heterocycles. The van der Waals surface area contributed by atoms with Crippen LogP contribution in [0.2, 0.25) is 0 Å². The first-order valence-corrected chi connectivity index (χ1v) is 5.83. The van der Waals surface area contributed by atoms with Gasteiger partial charge < -0.3 is 10.2 Å². The molecule has 0 spiro atoms. The van der Waals surface area contributed by atoms with E-state index in [0.717, 1.165) is 22.3 Å². The molecule has 2 nitrogen and oxygen atoms in total. The molecule has 16 heavy (non-hydrogen) atoms. The molecule has 2 N–H and O–H groups in total. The van der Waals surface area contributed by atoms with Crippen molar-refractivity contribution in [2.24, 2.45) is 0 Å². The van der Waals surface area contributed by atoms with Gasteiger partial charge in [-0.25, -0.2) is 0 Å². The SMILES string of the molecule is Cc1c(O)c(C)c(C(C)C)c(O)c1C(C)C. The third kappa shape index (κ3) is 1.89. The van der Waals surface area contributed by atoms with Crippen LogP contribution in [-0.4, -0.2) is 10.2 Å². The summed E-state index contributed by atoms with van der Waals surface area (Å²) in [7, 11) is 0. The molecule has 0 aliphatic carbocycles. The van der Waals surface area contributed by atoms with E-state index in [1.807, 2.05) is 41.5 Å². The van der Waals surface area contributed by atoms with E-state index in [0.29, 0.717) is 11.5 Å². The summed E-state index contributed by atoms with van der Waals surface area (Å²) in [5, 5.41) is 20.4. The van der Waals surface area contributed by atoms with Gasteiger partial charge in [0, 0.05) is 11.1 Å². The number of aromatic hydroxyl groups is 2. The molecule has 0 amide bonds. The first kappa shape index (κ1) is 12.9. The van der Waals surface area contributed by atoms with E-state index in [1.54, 1.807) is 0 Å². The zero-order valence-corrected chi connectivity index (χ0v) is 11.0. The van der Waals surface area contributed by atoms with Gasteiger partial charge in [-0.3, -0.25) is 0 Å². The number of hydrogen-bond donors (Lipinski definition) is 2. The number of hydrogen-bond acceptors (Lipinski definition) is 2. The Morgan fingerprint density at radius 3 is 1.25 bits per heavy atom. The summed E-state index contributed by atoms with van der Waals surface area (Å²) in [5.41, 5.74) is 3.34. The first-order chi connectivity index (χ1) is 7.29. The second-order valence-corrected chi connectivity index (χ2v) is 5.08. The average Bonchev–Trinajstić information content (AvgIpc) is 2.13. The van der Waals surface area contributed by atoms with Crippen molar-refractivity contribution >= 4 is 0 Å². The van der Waals surface area contributed by atoms with Crippen molar-refractivity contribution in [1.82, 2.24) is 0 Å². The Kier molecular flexibility index (Phi) is 3.51. The van der Waals surface area contributed by atoms with Gasteiger partial charge in [-0.2, -0.15) is 0 Å². The molecule has 0 aromatic heterocycles. The van der Waals surface area contributed by atoms with E-state index in [9.17, 15) is 10.2 Å². The van der Waals surface area contributed by atoms with Gasteiger partial charge in [0.15, 0.2) is 0 Å². The zero-order chi connectivity index (χ0) is 12.6. The topological polar surface area (TPSA) is 40.5 Å². The van der Waals surface area contributed by atoms with Crippen molar-refractivity contribution < 1.29 is 10.2 Å². The molecule has 0 fully saturated rings. The summed E-state index contributed by atoms with van der Waals surface area (Å²) in [6, 6.07) is 0.